The molecule has 2 bridgehead atoms. The molecule has 0 aromatic heterocycles. The third-order valence-electron chi connectivity index (χ3n) is 4.19. The van der Waals surface area contributed by atoms with Crippen LogP contribution in [0.2, 0.25) is 0 Å². The normalized spacial score (nSPS) is 32.7. The predicted molar refractivity (Wildman–Crippen MR) is 68.9 cm³/mol. The van der Waals surface area contributed by atoms with E-state index < -0.39 is 0 Å². The molecule has 4 heteroatoms. The molecule has 0 aliphatic carbocycles. The zero-order valence-corrected chi connectivity index (χ0v) is 11.0. The van der Waals surface area contributed by atoms with E-state index in [0.29, 0.717) is 24.7 Å². The maximum atomic E-state index is 11.8. The van der Waals surface area contributed by atoms with Crippen LogP contribution < -0.4 is 10.6 Å². The number of nitrogens with zero attached hydrogens (tertiary/aromatic N) is 1. The Morgan fingerprint density at radius 1 is 1.29 bits per heavy atom. The molecule has 2 fully saturated rings. The number of rotatable bonds is 5. The number of amides is 1. The van der Waals surface area contributed by atoms with Crippen molar-refractivity contribution >= 4 is 5.91 Å². The first-order valence-electron chi connectivity index (χ1n) is 6.94. The molecule has 0 saturated carbocycles. The second-order valence-electron chi connectivity index (χ2n) is 5.36. The van der Waals surface area contributed by atoms with E-state index in [4.69, 9.17) is 0 Å². The van der Waals surface area contributed by atoms with Crippen molar-refractivity contribution < 1.29 is 4.79 Å². The van der Waals surface area contributed by atoms with Crippen LogP contribution in [0.1, 0.15) is 39.0 Å². The third-order valence-corrected chi connectivity index (χ3v) is 4.19. The van der Waals surface area contributed by atoms with Crippen LogP contribution in [-0.4, -0.2) is 49.1 Å². The van der Waals surface area contributed by atoms with Crippen molar-refractivity contribution in [3.63, 3.8) is 0 Å². The molecule has 2 unspecified atom stereocenters. The standard InChI is InChI=1S/C13H25N3O/c1-3-6-15-13(17)9-16-11-4-5-12(16)8-10(7-11)14-2/h10-12,14H,3-9H2,1-2H3,(H,15,17). The summed E-state index contributed by atoms with van der Waals surface area (Å²) in [5.74, 6) is 0.201. The van der Waals surface area contributed by atoms with Gasteiger partial charge in [-0.3, -0.25) is 9.69 Å². The minimum Gasteiger partial charge on any atom is -0.355 e. The SMILES string of the molecule is CCCNC(=O)CN1C2CCC1CC(NC)C2. The number of fused-ring (bicyclic) bond motifs is 2. The van der Waals surface area contributed by atoms with Gasteiger partial charge in [0.1, 0.15) is 0 Å². The Bertz CT molecular complexity index is 255. The highest BCUT2D eigenvalue weighted by atomic mass is 16.2. The zero-order chi connectivity index (χ0) is 12.3. The van der Waals surface area contributed by atoms with Crippen LogP contribution >= 0.6 is 0 Å². The molecule has 4 nitrogen and oxygen atoms in total. The summed E-state index contributed by atoms with van der Waals surface area (Å²) in [6.07, 6.45) is 5.95. The maximum absolute atomic E-state index is 11.8. The Labute approximate surface area is 104 Å². The molecule has 2 saturated heterocycles. The maximum Gasteiger partial charge on any atom is 0.234 e. The highest BCUT2D eigenvalue weighted by Gasteiger charge is 2.40. The van der Waals surface area contributed by atoms with Gasteiger partial charge in [0.2, 0.25) is 5.91 Å². The van der Waals surface area contributed by atoms with E-state index in [9.17, 15) is 4.79 Å². The van der Waals surface area contributed by atoms with E-state index in [2.05, 4.69) is 22.5 Å². The van der Waals surface area contributed by atoms with Gasteiger partial charge in [0.25, 0.3) is 0 Å². The van der Waals surface area contributed by atoms with Crippen molar-refractivity contribution in [2.24, 2.45) is 0 Å². The van der Waals surface area contributed by atoms with Crippen LogP contribution in [0, 0.1) is 0 Å². The lowest BCUT2D eigenvalue weighted by Crippen LogP contribution is -2.51. The summed E-state index contributed by atoms with van der Waals surface area (Å²) in [5.41, 5.74) is 0. The number of hydrogen-bond acceptors (Lipinski definition) is 3. The third kappa shape index (κ3) is 2.99. The number of carbonyl (C=O) groups is 1. The van der Waals surface area contributed by atoms with Crippen molar-refractivity contribution in [3.8, 4) is 0 Å². The molecule has 0 aromatic carbocycles. The lowest BCUT2D eigenvalue weighted by atomic mass is 9.97. The fourth-order valence-corrected chi connectivity index (χ4v) is 3.25. The summed E-state index contributed by atoms with van der Waals surface area (Å²) in [4.78, 5) is 14.2. The highest BCUT2D eigenvalue weighted by molar-refractivity contribution is 5.78. The fraction of sp³-hybridized carbons (Fsp3) is 0.923. The van der Waals surface area contributed by atoms with Crippen molar-refractivity contribution in [1.82, 2.24) is 15.5 Å². The van der Waals surface area contributed by atoms with Crippen molar-refractivity contribution in [1.29, 1.82) is 0 Å². The molecular formula is C13H25N3O. The van der Waals surface area contributed by atoms with Gasteiger partial charge in [0.05, 0.1) is 6.54 Å². The van der Waals surface area contributed by atoms with Gasteiger partial charge >= 0.3 is 0 Å². The molecule has 2 heterocycles. The summed E-state index contributed by atoms with van der Waals surface area (Å²) in [5, 5.41) is 6.36. The van der Waals surface area contributed by atoms with Crippen LogP contribution in [0.5, 0.6) is 0 Å². The number of piperidine rings is 1. The van der Waals surface area contributed by atoms with Gasteiger partial charge in [0, 0.05) is 24.7 Å². The first kappa shape index (κ1) is 12.8. The van der Waals surface area contributed by atoms with Gasteiger partial charge in [-0.1, -0.05) is 6.92 Å². The van der Waals surface area contributed by atoms with E-state index in [0.717, 1.165) is 13.0 Å². The second-order valence-corrected chi connectivity index (χ2v) is 5.36. The van der Waals surface area contributed by atoms with E-state index >= 15 is 0 Å². The minimum atomic E-state index is 0.201. The molecule has 0 spiro atoms. The van der Waals surface area contributed by atoms with Crippen LogP contribution in [-0.2, 0) is 4.79 Å². The van der Waals surface area contributed by atoms with Crippen molar-refractivity contribution in [2.75, 3.05) is 20.1 Å². The smallest absolute Gasteiger partial charge is 0.234 e. The molecule has 2 N–H and O–H groups in total. The molecule has 98 valence electrons. The molecule has 17 heavy (non-hydrogen) atoms. The Balaban J connectivity index is 1.84. The van der Waals surface area contributed by atoms with Crippen LogP contribution in [0.3, 0.4) is 0 Å². The lowest BCUT2D eigenvalue weighted by Gasteiger charge is -2.38. The summed E-state index contributed by atoms with van der Waals surface area (Å²) in [6.45, 7) is 3.50. The molecule has 2 atom stereocenters. The number of hydrogen-bond donors (Lipinski definition) is 2. The first-order valence-corrected chi connectivity index (χ1v) is 6.94. The predicted octanol–water partition coefficient (Wildman–Crippen LogP) is 0.727. The largest absolute Gasteiger partial charge is 0.355 e. The quantitative estimate of drug-likeness (QED) is 0.743. The van der Waals surface area contributed by atoms with Gasteiger partial charge in [0.15, 0.2) is 0 Å². The van der Waals surface area contributed by atoms with Crippen LogP contribution in [0.4, 0.5) is 0 Å². The Morgan fingerprint density at radius 2 is 1.94 bits per heavy atom. The topological polar surface area (TPSA) is 44.4 Å². The monoisotopic (exact) mass is 239 g/mol. The summed E-state index contributed by atoms with van der Waals surface area (Å²) >= 11 is 0. The van der Waals surface area contributed by atoms with E-state index in [1.807, 2.05) is 7.05 Å². The second kappa shape index (κ2) is 5.83. The lowest BCUT2D eigenvalue weighted by molar-refractivity contribution is -0.123. The van der Waals surface area contributed by atoms with Crippen molar-refractivity contribution in [3.05, 3.63) is 0 Å². The Kier molecular flexibility index (Phi) is 4.40. The highest BCUT2D eigenvalue weighted by Crippen LogP contribution is 2.35. The van der Waals surface area contributed by atoms with Gasteiger partial charge in [-0.25, -0.2) is 0 Å². The number of carbonyl (C=O) groups excluding carboxylic acids is 1. The molecular weight excluding hydrogens is 214 g/mol. The zero-order valence-electron chi connectivity index (χ0n) is 11.0. The molecule has 2 aliphatic heterocycles. The van der Waals surface area contributed by atoms with Gasteiger partial charge in [-0.05, 0) is 39.2 Å². The number of nitrogens with one attached hydrogen (secondary N) is 2. The average molecular weight is 239 g/mol. The Morgan fingerprint density at radius 3 is 2.47 bits per heavy atom. The summed E-state index contributed by atoms with van der Waals surface area (Å²) < 4.78 is 0. The van der Waals surface area contributed by atoms with Gasteiger partial charge in [-0.2, -0.15) is 0 Å². The fourth-order valence-electron chi connectivity index (χ4n) is 3.25. The Hall–Kier alpha value is -0.610. The van der Waals surface area contributed by atoms with E-state index in [1.165, 1.54) is 25.7 Å². The summed E-state index contributed by atoms with van der Waals surface area (Å²) in [7, 11) is 2.05. The van der Waals surface area contributed by atoms with Crippen LogP contribution in [0.25, 0.3) is 0 Å². The first-order chi connectivity index (χ1) is 8.24. The molecule has 0 radical (unpaired) electrons. The average Bonchev–Trinajstić information content (AvgIpc) is 2.58. The molecule has 2 aliphatic rings. The summed E-state index contributed by atoms with van der Waals surface area (Å²) in [6, 6.07) is 1.90. The van der Waals surface area contributed by atoms with Gasteiger partial charge in [-0.15, -0.1) is 0 Å². The van der Waals surface area contributed by atoms with E-state index in [-0.39, 0.29) is 5.91 Å². The molecule has 1 amide bonds. The molecule has 0 aromatic rings. The molecule has 2 rings (SSSR count). The van der Waals surface area contributed by atoms with E-state index in [1.54, 1.807) is 0 Å². The minimum absolute atomic E-state index is 0.201. The van der Waals surface area contributed by atoms with Crippen LogP contribution in [0.15, 0.2) is 0 Å². The van der Waals surface area contributed by atoms with Crippen molar-refractivity contribution in [2.45, 2.75) is 57.2 Å². The van der Waals surface area contributed by atoms with Gasteiger partial charge < -0.3 is 10.6 Å².